The standard InChI is InChI=1S/C20H21ClN4OS.C2H6.H3PS/c1-12-9-13(15-7-8-22-19(21)25-15)5-6-14(12)10-23-17(26)16-11-24-18(27-16)20(2,3)4;2*1-2/h5-9,11H,10H2,1-4H3,(H,23,26);1-2H3;2H,1H2. The maximum atomic E-state index is 12.4. The van der Waals surface area contributed by atoms with Gasteiger partial charge in [-0.2, -0.15) is 12.2 Å². The van der Waals surface area contributed by atoms with Crippen LogP contribution in [-0.2, 0) is 12.0 Å². The first-order valence-electron chi connectivity index (χ1n) is 9.83. The van der Waals surface area contributed by atoms with Crippen LogP contribution < -0.4 is 5.32 Å². The lowest BCUT2D eigenvalue weighted by atomic mass is 9.98. The highest BCUT2D eigenvalue weighted by Crippen LogP contribution is 2.27. The topological polar surface area (TPSA) is 67.8 Å². The van der Waals surface area contributed by atoms with Crippen molar-refractivity contribution in [2.75, 3.05) is 0 Å². The molecule has 9 heteroatoms. The van der Waals surface area contributed by atoms with E-state index in [4.69, 9.17) is 11.6 Å². The maximum Gasteiger partial charge on any atom is 0.263 e. The van der Waals surface area contributed by atoms with Crippen molar-refractivity contribution in [1.82, 2.24) is 20.3 Å². The number of nitrogens with one attached hydrogen (secondary N) is 1. The minimum atomic E-state index is -0.103. The summed E-state index contributed by atoms with van der Waals surface area (Å²) in [6, 6.07) is 7.81. The zero-order chi connectivity index (χ0) is 23.6. The van der Waals surface area contributed by atoms with Crippen molar-refractivity contribution in [2.24, 2.45) is 0 Å². The molecule has 3 aromatic rings. The van der Waals surface area contributed by atoms with Crippen LogP contribution in [0, 0.1) is 6.92 Å². The number of benzene rings is 1. The van der Waals surface area contributed by atoms with Gasteiger partial charge in [0.25, 0.3) is 5.91 Å². The van der Waals surface area contributed by atoms with Gasteiger partial charge < -0.3 is 5.32 Å². The molecular weight excluding hydrogens is 467 g/mol. The van der Waals surface area contributed by atoms with E-state index in [0.29, 0.717) is 11.4 Å². The lowest BCUT2D eigenvalue weighted by molar-refractivity contribution is 0.0954. The fourth-order valence-corrected chi connectivity index (χ4v) is 3.58. The highest BCUT2D eigenvalue weighted by molar-refractivity contribution is 8.31. The van der Waals surface area contributed by atoms with Gasteiger partial charge in [0.15, 0.2) is 0 Å². The van der Waals surface area contributed by atoms with Gasteiger partial charge in [-0.25, -0.2) is 15.0 Å². The number of aryl methyl sites for hydroxylation is 1. The Bertz CT molecular complexity index is 990. The highest BCUT2D eigenvalue weighted by Gasteiger charge is 2.20. The molecule has 1 aromatic carbocycles. The zero-order valence-electron chi connectivity index (χ0n) is 18.7. The molecule has 0 saturated carbocycles. The number of amides is 1. The van der Waals surface area contributed by atoms with Crippen LogP contribution in [0.15, 0.2) is 36.7 Å². The summed E-state index contributed by atoms with van der Waals surface area (Å²) in [4.78, 5) is 25.6. The number of halogens is 1. The normalized spacial score (nSPS) is 10.4. The molecule has 0 aliphatic carbocycles. The van der Waals surface area contributed by atoms with Gasteiger partial charge >= 0.3 is 0 Å². The van der Waals surface area contributed by atoms with E-state index in [0.717, 1.165) is 27.4 Å². The van der Waals surface area contributed by atoms with E-state index < -0.39 is 0 Å². The van der Waals surface area contributed by atoms with E-state index in [1.165, 1.54) is 11.3 Å². The Hall–Kier alpha value is -1.53. The highest BCUT2D eigenvalue weighted by atomic mass is 35.5. The van der Waals surface area contributed by atoms with Crippen LogP contribution in [0.5, 0.6) is 0 Å². The number of thiol groups is 1. The average molecular weight is 497 g/mol. The van der Waals surface area contributed by atoms with Gasteiger partial charge in [-0.3, -0.25) is 4.79 Å². The number of nitrogens with zero attached hydrogens (tertiary/aromatic N) is 3. The van der Waals surface area contributed by atoms with Gasteiger partial charge in [-0.15, -0.1) is 11.3 Å². The number of thiazole rings is 1. The average Bonchev–Trinajstić information content (AvgIpc) is 3.27. The third kappa shape index (κ3) is 8.15. The summed E-state index contributed by atoms with van der Waals surface area (Å²) in [5.41, 5.74) is 3.80. The predicted octanol–water partition coefficient (Wildman–Crippen LogP) is 6.52. The lowest BCUT2D eigenvalue weighted by Crippen LogP contribution is -2.22. The minimum absolute atomic E-state index is 0.0560. The number of hydrogen-bond donors (Lipinski definition) is 2. The van der Waals surface area contributed by atoms with Gasteiger partial charge in [0.05, 0.1) is 16.9 Å². The predicted molar refractivity (Wildman–Crippen MR) is 139 cm³/mol. The van der Waals surface area contributed by atoms with Gasteiger partial charge in [0.2, 0.25) is 5.28 Å². The van der Waals surface area contributed by atoms with Crippen LogP contribution in [0.3, 0.4) is 0 Å². The van der Waals surface area contributed by atoms with Crippen molar-refractivity contribution in [2.45, 2.75) is 53.5 Å². The lowest BCUT2D eigenvalue weighted by Gasteiger charge is -2.13. The number of aromatic nitrogens is 3. The van der Waals surface area contributed by atoms with Gasteiger partial charge in [0, 0.05) is 23.7 Å². The number of hydrogen-bond acceptors (Lipinski definition) is 6. The Balaban J connectivity index is 0.00000113. The van der Waals surface area contributed by atoms with Gasteiger partial charge in [0.1, 0.15) is 4.88 Å². The molecule has 0 aliphatic heterocycles. The van der Waals surface area contributed by atoms with Crippen molar-refractivity contribution in [3.63, 3.8) is 0 Å². The molecule has 3 rings (SSSR count). The summed E-state index contributed by atoms with van der Waals surface area (Å²) < 4.78 is 0. The monoisotopic (exact) mass is 496 g/mol. The molecule has 1 atom stereocenters. The molecule has 1 amide bonds. The van der Waals surface area contributed by atoms with Crippen LogP contribution in [0.2, 0.25) is 5.28 Å². The van der Waals surface area contributed by atoms with E-state index in [1.807, 2.05) is 45.0 Å². The molecular formula is C22H30ClN4OPS2. The Kier molecular flexibility index (Phi) is 11.6. The van der Waals surface area contributed by atoms with Crippen LogP contribution >= 0.6 is 43.6 Å². The summed E-state index contributed by atoms with van der Waals surface area (Å²) in [6.07, 6.45) is 3.28. The van der Waals surface area contributed by atoms with Crippen molar-refractivity contribution in [3.05, 3.63) is 63.0 Å². The summed E-state index contributed by atoms with van der Waals surface area (Å²) in [6.45, 7) is 12.7. The van der Waals surface area contributed by atoms with Crippen LogP contribution in [-0.4, -0.2) is 20.9 Å². The zero-order valence-corrected chi connectivity index (χ0v) is 22.4. The maximum absolute atomic E-state index is 12.4. The molecule has 0 spiro atoms. The quantitative estimate of drug-likeness (QED) is 0.245. The summed E-state index contributed by atoms with van der Waals surface area (Å²) >= 11 is 10.7. The molecule has 1 N–H and O–H groups in total. The molecule has 2 aromatic heterocycles. The van der Waals surface area contributed by atoms with Crippen molar-refractivity contribution >= 4 is 49.5 Å². The second-order valence-corrected chi connectivity index (χ2v) is 8.68. The van der Waals surface area contributed by atoms with Crippen LogP contribution in [0.1, 0.15) is 60.4 Å². The van der Waals surface area contributed by atoms with Crippen molar-refractivity contribution in [1.29, 1.82) is 0 Å². The van der Waals surface area contributed by atoms with E-state index in [1.54, 1.807) is 12.4 Å². The largest absolute Gasteiger partial charge is 0.347 e. The summed E-state index contributed by atoms with van der Waals surface area (Å²) in [5, 5.41) is 4.15. The fourth-order valence-electron chi connectivity index (χ4n) is 2.54. The molecule has 0 bridgehead atoms. The Morgan fingerprint density at radius 1 is 1.19 bits per heavy atom. The van der Waals surface area contributed by atoms with Crippen LogP contribution in [0.25, 0.3) is 11.3 Å². The third-order valence-corrected chi connectivity index (χ3v) is 5.68. The molecule has 0 radical (unpaired) electrons. The molecule has 0 fully saturated rings. The Morgan fingerprint density at radius 3 is 2.42 bits per heavy atom. The van der Waals surface area contributed by atoms with Gasteiger partial charge in [-0.1, -0.05) is 55.2 Å². The smallest absolute Gasteiger partial charge is 0.263 e. The molecule has 0 saturated heterocycles. The van der Waals surface area contributed by atoms with E-state index in [2.05, 4.69) is 61.7 Å². The first kappa shape index (κ1) is 27.5. The number of carbonyl (C=O) groups excluding carboxylic acids is 1. The second kappa shape index (κ2) is 13.1. The fraction of sp³-hybridized carbons (Fsp3) is 0.364. The van der Waals surface area contributed by atoms with Crippen molar-refractivity contribution in [3.8, 4) is 11.3 Å². The summed E-state index contributed by atoms with van der Waals surface area (Å²) in [5.74, 6) is -0.103. The van der Waals surface area contributed by atoms with E-state index in [9.17, 15) is 4.79 Å². The Labute approximate surface area is 201 Å². The van der Waals surface area contributed by atoms with Crippen molar-refractivity contribution < 1.29 is 4.79 Å². The number of rotatable bonds is 4. The van der Waals surface area contributed by atoms with E-state index >= 15 is 0 Å². The Morgan fingerprint density at radius 2 is 1.87 bits per heavy atom. The number of carbonyl (C=O) groups is 1. The molecule has 168 valence electrons. The first-order valence-corrected chi connectivity index (χ1v) is 13.1. The first-order chi connectivity index (χ1) is 14.7. The second-order valence-electron chi connectivity index (χ2n) is 7.31. The van der Waals surface area contributed by atoms with Crippen LogP contribution in [0.4, 0.5) is 0 Å². The third-order valence-electron chi connectivity index (χ3n) is 4.08. The molecule has 2 heterocycles. The summed E-state index contributed by atoms with van der Waals surface area (Å²) in [7, 11) is 2.11. The molecule has 5 nitrogen and oxygen atoms in total. The van der Waals surface area contributed by atoms with Gasteiger partial charge in [-0.05, 0) is 41.8 Å². The molecule has 31 heavy (non-hydrogen) atoms. The van der Waals surface area contributed by atoms with E-state index in [-0.39, 0.29) is 16.6 Å². The minimum Gasteiger partial charge on any atom is -0.347 e. The molecule has 0 aliphatic rings. The molecule has 1 unspecified atom stereocenters. The SMILES string of the molecule is CC.Cc1cc(-c2ccnc(Cl)n2)ccc1CNC(=O)c1cnc(C(C)(C)C)s1.PS.